The Bertz CT molecular complexity index is 481. The minimum atomic E-state index is -3.41. The molecule has 0 aliphatic heterocycles. The fourth-order valence-electron chi connectivity index (χ4n) is 1.72. The predicted octanol–water partition coefficient (Wildman–Crippen LogP) is 2.22. The first-order valence-corrected chi connectivity index (χ1v) is 8.20. The maximum Gasteiger partial charge on any atom is 0.240 e. The third-order valence-electron chi connectivity index (χ3n) is 3.26. The molecule has 4 nitrogen and oxygen atoms in total. The normalized spacial score (nSPS) is 15.2. The average molecular weight is 284 g/mol. The van der Waals surface area contributed by atoms with Gasteiger partial charge >= 0.3 is 0 Å². The molecule has 3 N–H and O–H groups in total. The second kappa shape index (κ2) is 7.03. The van der Waals surface area contributed by atoms with E-state index in [1.807, 2.05) is 19.1 Å². The van der Waals surface area contributed by atoms with Gasteiger partial charge in [0.15, 0.2) is 0 Å². The molecular formula is C14H24N2O2S. The number of nitrogens with one attached hydrogen (secondary N) is 1. The van der Waals surface area contributed by atoms with E-state index in [-0.39, 0.29) is 6.04 Å². The highest BCUT2D eigenvalue weighted by Gasteiger charge is 2.14. The Morgan fingerprint density at radius 3 is 2.26 bits per heavy atom. The van der Waals surface area contributed by atoms with Crippen molar-refractivity contribution in [3.05, 3.63) is 29.8 Å². The van der Waals surface area contributed by atoms with Crippen LogP contribution in [0, 0.1) is 0 Å². The molecule has 5 heteroatoms. The summed E-state index contributed by atoms with van der Waals surface area (Å²) >= 11 is 0. The third kappa shape index (κ3) is 4.93. The van der Waals surface area contributed by atoms with Gasteiger partial charge in [-0.05, 0) is 43.4 Å². The SMILES string of the molecule is CCC(C)c1ccc(S(=O)(=O)NCCC(C)N)cc1. The van der Waals surface area contributed by atoms with E-state index in [1.54, 1.807) is 12.1 Å². The summed E-state index contributed by atoms with van der Waals surface area (Å²) in [5.74, 6) is 0.447. The molecular weight excluding hydrogens is 260 g/mol. The van der Waals surface area contributed by atoms with Crippen LogP contribution in [-0.2, 0) is 10.0 Å². The molecule has 0 saturated carbocycles. The molecule has 0 heterocycles. The number of sulfonamides is 1. The number of hydrogen-bond donors (Lipinski definition) is 2. The van der Waals surface area contributed by atoms with E-state index in [2.05, 4.69) is 18.6 Å². The number of hydrogen-bond acceptors (Lipinski definition) is 3. The fourth-order valence-corrected chi connectivity index (χ4v) is 2.76. The first kappa shape index (κ1) is 16.1. The van der Waals surface area contributed by atoms with Crippen LogP contribution >= 0.6 is 0 Å². The van der Waals surface area contributed by atoms with E-state index in [1.165, 1.54) is 0 Å². The van der Waals surface area contributed by atoms with Crippen molar-refractivity contribution in [2.75, 3.05) is 6.54 Å². The summed E-state index contributed by atoms with van der Waals surface area (Å²) in [7, 11) is -3.41. The second-order valence-corrected chi connectivity index (χ2v) is 6.81. The van der Waals surface area contributed by atoms with Gasteiger partial charge in [-0.2, -0.15) is 0 Å². The van der Waals surface area contributed by atoms with Crippen LogP contribution in [0.25, 0.3) is 0 Å². The lowest BCUT2D eigenvalue weighted by Gasteiger charge is -2.11. The average Bonchev–Trinajstić information content (AvgIpc) is 2.37. The van der Waals surface area contributed by atoms with Gasteiger partial charge in [0.25, 0.3) is 0 Å². The van der Waals surface area contributed by atoms with Gasteiger partial charge in [0.1, 0.15) is 0 Å². The highest BCUT2D eigenvalue weighted by Crippen LogP contribution is 2.20. The zero-order valence-corrected chi connectivity index (χ0v) is 12.7. The summed E-state index contributed by atoms with van der Waals surface area (Å²) in [6, 6.07) is 7.09. The minimum Gasteiger partial charge on any atom is -0.328 e. The summed E-state index contributed by atoms with van der Waals surface area (Å²) in [5, 5.41) is 0. The zero-order chi connectivity index (χ0) is 14.5. The lowest BCUT2D eigenvalue weighted by atomic mass is 9.99. The van der Waals surface area contributed by atoms with Crippen molar-refractivity contribution in [2.24, 2.45) is 5.73 Å². The Balaban J connectivity index is 2.73. The standard InChI is InChI=1S/C14H24N2O2S/c1-4-11(2)13-5-7-14(8-6-13)19(17,18)16-10-9-12(3)15/h5-8,11-12,16H,4,9-10,15H2,1-3H3. The maximum absolute atomic E-state index is 12.0. The number of rotatable bonds is 7. The molecule has 0 radical (unpaired) electrons. The van der Waals surface area contributed by atoms with Gasteiger partial charge in [0.2, 0.25) is 10.0 Å². The van der Waals surface area contributed by atoms with Gasteiger partial charge in [0.05, 0.1) is 4.90 Å². The van der Waals surface area contributed by atoms with E-state index < -0.39 is 10.0 Å². The van der Waals surface area contributed by atoms with Crippen molar-refractivity contribution in [1.82, 2.24) is 4.72 Å². The van der Waals surface area contributed by atoms with Crippen molar-refractivity contribution >= 4 is 10.0 Å². The van der Waals surface area contributed by atoms with Crippen LogP contribution < -0.4 is 10.5 Å². The smallest absolute Gasteiger partial charge is 0.240 e. The molecule has 0 bridgehead atoms. The largest absolute Gasteiger partial charge is 0.328 e. The Hall–Kier alpha value is -0.910. The first-order chi connectivity index (χ1) is 8.86. The summed E-state index contributed by atoms with van der Waals surface area (Å²) in [6.45, 7) is 6.47. The van der Waals surface area contributed by atoms with Gasteiger partial charge in [-0.1, -0.05) is 26.0 Å². The third-order valence-corrected chi connectivity index (χ3v) is 4.74. The van der Waals surface area contributed by atoms with Crippen LogP contribution in [-0.4, -0.2) is 21.0 Å². The van der Waals surface area contributed by atoms with Crippen LogP contribution in [0.15, 0.2) is 29.2 Å². The molecule has 0 amide bonds. The van der Waals surface area contributed by atoms with Crippen molar-refractivity contribution in [2.45, 2.75) is 50.5 Å². The summed E-state index contributed by atoms with van der Waals surface area (Å²) in [5.41, 5.74) is 6.76. The van der Waals surface area contributed by atoms with Gasteiger partial charge in [-0.15, -0.1) is 0 Å². The molecule has 0 aliphatic carbocycles. The first-order valence-electron chi connectivity index (χ1n) is 6.72. The molecule has 0 spiro atoms. The lowest BCUT2D eigenvalue weighted by molar-refractivity contribution is 0.571. The second-order valence-electron chi connectivity index (χ2n) is 5.04. The van der Waals surface area contributed by atoms with Crippen LogP contribution in [0.4, 0.5) is 0 Å². The molecule has 0 saturated heterocycles. The molecule has 1 rings (SSSR count). The molecule has 19 heavy (non-hydrogen) atoms. The Kier molecular flexibility index (Phi) is 5.97. The fraction of sp³-hybridized carbons (Fsp3) is 0.571. The topological polar surface area (TPSA) is 72.2 Å². The predicted molar refractivity (Wildman–Crippen MR) is 78.6 cm³/mol. The zero-order valence-electron chi connectivity index (χ0n) is 11.9. The molecule has 0 aliphatic rings. The summed E-state index contributed by atoms with van der Waals surface area (Å²) in [4.78, 5) is 0.309. The highest BCUT2D eigenvalue weighted by molar-refractivity contribution is 7.89. The van der Waals surface area contributed by atoms with Crippen LogP contribution in [0.2, 0.25) is 0 Å². The van der Waals surface area contributed by atoms with Crippen LogP contribution in [0.3, 0.4) is 0 Å². The van der Waals surface area contributed by atoms with E-state index in [9.17, 15) is 8.42 Å². The van der Waals surface area contributed by atoms with Gasteiger partial charge in [-0.3, -0.25) is 0 Å². The van der Waals surface area contributed by atoms with E-state index >= 15 is 0 Å². The van der Waals surface area contributed by atoms with E-state index in [0.717, 1.165) is 12.0 Å². The van der Waals surface area contributed by atoms with Crippen molar-refractivity contribution in [3.8, 4) is 0 Å². The van der Waals surface area contributed by atoms with E-state index in [4.69, 9.17) is 5.73 Å². The molecule has 0 aromatic heterocycles. The molecule has 2 atom stereocenters. The van der Waals surface area contributed by atoms with E-state index in [0.29, 0.717) is 23.8 Å². The maximum atomic E-state index is 12.0. The number of benzene rings is 1. The minimum absolute atomic E-state index is 0.00419. The molecule has 108 valence electrons. The quantitative estimate of drug-likeness (QED) is 0.806. The Morgan fingerprint density at radius 1 is 1.21 bits per heavy atom. The van der Waals surface area contributed by atoms with Crippen molar-refractivity contribution < 1.29 is 8.42 Å². The summed E-state index contributed by atoms with van der Waals surface area (Å²) < 4.78 is 26.6. The van der Waals surface area contributed by atoms with Crippen molar-refractivity contribution in [3.63, 3.8) is 0 Å². The molecule has 1 aromatic carbocycles. The highest BCUT2D eigenvalue weighted by atomic mass is 32.2. The summed E-state index contributed by atoms with van der Waals surface area (Å²) in [6.07, 6.45) is 1.67. The lowest BCUT2D eigenvalue weighted by Crippen LogP contribution is -2.29. The van der Waals surface area contributed by atoms with Gasteiger partial charge in [0, 0.05) is 12.6 Å². The van der Waals surface area contributed by atoms with Crippen LogP contribution in [0.5, 0.6) is 0 Å². The van der Waals surface area contributed by atoms with Gasteiger partial charge in [-0.25, -0.2) is 13.1 Å². The molecule has 2 unspecified atom stereocenters. The number of nitrogens with two attached hydrogens (primary N) is 1. The van der Waals surface area contributed by atoms with Gasteiger partial charge < -0.3 is 5.73 Å². The Morgan fingerprint density at radius 2 is 1.79 bits per heavy atom. The van der Waals surface area contributed by atoms with Crippen molar-refractivity contribution in [1.29, 1.82) is 0 Å². The van der Waals surface area contributed by atoms with Crippen LogP contribution in [0.1, 0.15) is 45.1 Å². The monoisotopic (exact) mass is 284 g/mol. The molecule has 1 aromatic rings. The molecule has 0 fully saturated rings. The Labute approximate surface area is 116 Å².